The highest BCUT2D eigenvalue weighted by Gasteiger charge is 2.24. The summed E-state index contributed by atoms with van der Waals surface area (Å²) in [7, 11) is 0. The normalized spacial score (nSPS) is 12.7. The fraction of sp³-hybridized carbons (Fsp3) is 0.286. The Morgan fingerprint density at radius 1 is 1.21 bits per heavy atom. The Bertz CT molecular complexity index is 557. The average Bonchev–Trinajstić information content (AvgIpc) is 2.73. The third-order valence-electron chi connectivity index (χ3n) is 2.95. The Kier molecular flexibility index (Phi) is 4.27. The van der Waals surface area contributed by atoms with Gasteiger partial charge in [-0.25, -0.2) is 13.2 Å². The smallest absolute Gasteiger partial charge is 0.134 e. The summed E-state index contributed by atoms with van der Waals surface area (Å²) >= 11 is 1.51. The Morgan fingerprint density at radius 3 is 2.32 bits per heavy atom. The van der Waals surface area contributed by atoms with Crippen molar-refractivity contribution in [2.75, 3.05) is 6.54 Å². The maximum absolute atomic E-state index is 13.9. The molecule has 0 saturated carbocycles. The number of benzene rings is 1. The molecule has 0 amide bonds. The summed E-state index contributed by atoms with van der Waals surface area (Å²) in [5.41, 5.74) is 0.681. The highest BCUT2D eigenvalue weighted by molar-refractivity contribution is 7.10. The van der Waals surface area contributed by atoms with Crippen LogP contribution in [0.3, 0.4) is 0 Å². The summed E-state index contributed by atoms with van der Waals surface area (Å²) in [6, 6.07) is 2.65. The number of nitrogens with one attached hydrogen (secondary N) is 1. The maximum atomic E-state index is 13.9. The summed E-state index contributed by atoms with van der Waals surface area (Å²) in [6.07, 6.45) is 0. The lowest BCUT2D eigenvalue weighted by molar-refractivity contribution is 0.492. The van der Waals surface area contributed by atoms with Crippen molar-refractivity contribution in [1.82, 2.24) is 5.32 Å². The lowest BCUT2D eigenvalue weighted by atomic mass is 9.98. The van der Waals surface area contributed by atoms with Gasteiger partial charge in [0.1, 0.15) is 17.5 Å². The third kappa shape index (κ3) is 2.82. The van der Waals surface area contributed by atoms with E-state index < -0.39 is 23.5 Å². The molecule has 1 N–H and O–H groups in total. The first kappa shape index (κ1) is 14.1. The Morgan fingerprint density at radius 2 is 1.84 bits per heavy atom. The van der Waals surface area contributed by atoms with Gasteiger partial charge in [-0.2, -0.15) is 0 Å². The van der Waals surface area contributed by atoms with Crippen LogP contribution in [-0.4, -0.2) is 6.54 Å². The van der Waals surface area contributed by atoms with Crippen molar-refractivity contribution in [2.24, 2.45) is 0 Å². The molecule has 0 saturated heterocycles. The first-order valence-corrected chi connectivity index (χ1v) is 6.84. The second-order valence-electron chi connectivity index (χ2n) is 4.21. The summed E-state index contributed by atoms with van der Waals surface area (Å²) in [5, 5.41) is 4.92. The molecule has 102 valence electrons. The van der Waals surface area contributed by atoms with E-state index >= 15 is 0 Å². The molecule has 0 aliphatic heterocycles. The predicted octanol–water partition coefficient (Wildman–Crippen LogP) is 4.17. The molecule has 2 aromatic rings. The van der Waals surface area contributed by atoms with Gasteiger partial charge < -0.3 is 5.32 Å². The molecule has 1 aromatic carbocycles. The topological polar surface area (TPSA) is 12.0 Å². The monoisotopic (exact) mass is 285 g/mol. The van der Waals surface area contributed by atoms with Crippen molar-refractivity contribution < 1.29 is 13.2 Å². The second kappa shape index (κ2) is 5.75. The van der Waals surface area contributed by atoms with E-state index in [9.17, 15) is 13.2 Å². The molecule has 0 spiro atoms. The average molecular weight is 285 g/mol. The van der Waals surface area contributed by atoms with Gasteiger partial charge in [0, 0.05) is 22.6 Å². The van der Waals surface area contributed by atoms with E-state index in [1.165, 1.54) is 11.3 Å². The van der Waals surface area contributed by atoms with Crippen LogP contribution in [0, 0.1) is 24.4 Å². The van der Waals surface area contributed by atoms with Gasteiger partial charge in [-0.05, 0) is 30.5 Å². The zero-order valence-electron chi connectivity index (χ0n) is 10.6. The Balaban J connectivity index is 2.54. The molecule has 0 aliphatic rings. The number of rotatable bonds is 4. The van der Waals surface area contributed by atoms with Crippen molar-refractivity contribution in [2.45, 2.75) is 19.9 Å². The Hall–Kier alpha value is -1.33. The summed E-state index contributed by atoms with van der Waals surface area (Å²) in [4.78, 5) is 0.981. The lowest BCUT2D eigenvalue weighted by Crippen LogP contribution is -2.24. The Labute approximate surface area is 114 Å². The molecule has 5 heteroatoms. The predicted molar refractivity (Wildman–Crippen MR) is 70.9 cm³/mol. The highest BCUT2D eigenvalue weighted by Crippen LogP contribution is 2.31. The molecule has 19 heavy (non-hydrogen) atoms. The van der Waals surface area contributed by atoms with Gasteiger partial charge in [-0.1, -0.05) is 6.92 Å². The molecule has 1 atom stereocenters. The fourth-order valence-corrected chi connectivity index (χ4v) is 2.84. The van der Waals surface area contributed by atoms with Gasteiger partial charge >= 0.3 is 0 Å². The van der Waals surface area contributed by atoms with E-state index in [2.05, 4.69) is 5.32 Å². The summed E-state index contributed by atoms with van der Waals surface area (Å²) in [6.45, 7) is 4.30. The maximum Gasteiger partial charge on any atom is 0.134 e. The zero-order valence-corrected chi connectivity index (χ0v) is 11.5. The highest BCUT2D eigenvalue weighted by atomic mass is 32.1. The number of halogens is 3. The van der Waals surface area contributed by atoms with E-state index in [1.54, 1.807) is 0 Å². The van der Waals surface area contributed by atoms with Gasteiger partial charge in [0.2, 0.25) is 0 Å². The third-order valence-corrected chi connectivity index (χ3v) is 3.81. The molecule has 0 radical (unpaired) electrons. The van der Waals surface area contributed by atoms with Gasteiger partial charge in [-0.15, -0.1) is 11.3 Å². The van der Waals surface area contributed by atoms with Crippen LogP contribution in [0.4, 0.5) is 13.2 Å². The van der Waals surface area contributed by atoms with Gasteiger partial charge in [0.05, 0.1) is 6.04 Å². The zero-order chi connectivity index (χ0) is 14.0. The van der Waals surface area contributed by atoms with Gasteiger partial charge in [-0.3, -0.25) is 0 Å². The second-order valence-corrected chi connectivity index (χ2v) is 5.33. The molecule has 2 rings (SSSR count). The molecule has 1 unspecified atom stereocenters. The quantitative estimate of drug-likeness (QED) is 0.889. The molecular weight excluding hydrogens is 271 g/mol. The molecule has 1 aromatic heterocycles. The molecule has 1 heterocycles. The molecule has 0 bridgehead atoms. The van der Waals surface area contributed by atoms with Crippen molar-refractivity contribution in [3.8, 4) is 0 Å². The van der Waals surface area contributed by atoms with E-state index in [0.29, 0.717) is 18.7 Å². The van der Waals surface area contributed by atoms with Crippen LogP contribution in [0.1, 0.15) is 29.0 Å². The van der Waals surface area contributed by atoms with E-state index in [4.69, 9.17) is 0 Å². The minimum atomic E-state index is -0.906. The van der Waals surface area contributed by atoms with Crippen LogP contribution in [0.5, 0.6) is 0 Å². The summed E-state index contributed by atoms with van der Waals surface area (Å²) < 4.78 is 40.8. The van der Waals surface area contributed by atoms with E-state index in [-0.39, 0.29) is 5.56 Å². The molecule has 0 aliphatic carbocycles. The minimum absolute atomic E-state index is 0.134. The molecule has 1 nitrogen and oxygen atoms in total. The van der Waals surface area contributed by atoms with Crippen LogP contribution >= 0.6 is 11.3 Å². The van der Waals surface area contributed by atoms with Crippen LogP contribution in [0.25, 0.3) is 0 Å². The van der Waals surface area contributed by atoms with Crippen molar-refractivity contribution >= 4 is 11.3 Å². The van der Waals surface area contributed by atoms with Gasteiger partial charge in [0.25, 0.3) is 0 Å². The first-order chi connectivity index (χ1) is 9.04. The van der Waals surface area contributed by atoms with Crippen molar-refractivity contribution in [3.05, 3.63) is 57.0 Å². The fourth-order valence-electron chi connectivity index (χ4n) is 2.10. The van der Waals surface area contributed by atoms with E-state index in [1.807, 2.05) is 25.3 Å². The first-order valence-electron chi connectivity index (χ1n) is 5.96. The number of aryl methyl sites for hydroxylation is 1. The number of hydrogen-bond acceptors (Lipinski definition) is 2. The lowest BCUT2D eigenvalue weighted by Gasteiger charge is -2.20. The van der Waals surface area contributed by atoms with Crippen molar-refractivity contribution in [1.29, 1.82) is 0 Å². The van der Waals surface area contributed by atoms with Crippen LogP contribution in [0.2, 0.25) is 0 Å². The molecule has 0 fully saturated rings. The van der Waals surface area contributed by atoms with Crippen molar-refractivity contribution in [3.63, 3.8) is 0 Å². The standard InChI is InChI=1S/C14H14F3NS/c1-3-18-14(10-4-5-19-8(10)2)13-11(16)6-9(15)7-12(13)17/h4-7,14,18H,3H2,1-2H3. The van der Waals surface area contributed by atoms with E-state index in [0.717, 1.165) is 10.4 Å². The largest absolute Gasteiger partial charge is 0.306 e. The minimum Gasteiger partial charge on any atom is -0.306 e. The number of hydrogen-bond donors (Lipinski definition) is 1. The molecular formula is C14H14F3NS. The van der Waals surface area contributed by atoms with Crippen LogP contribution in [-0.2, 0) is 0 Å². The van der Waals surface area contributed by atoms with Crippen LogP contribution in [0.15, 0.2) is 23.6 Å². The SMILES string of the molecule is CCNC(c1ccsc1C)c1c(F)cc(F)cc1F. The number of thiophene rings is 1. The van der Waals surface area contributed by atoms with Gasteiger partial charge in [0.15, 0.2) is 0 Å². The van der Waals surface area contributed by atoms with Crippen LogP contribution < -0.4 is 5.32 Å². The summed E-state index contributed by atoms with van der Waals surface area (Å²) in [5.74, 6) is -2.64.